The maximum Gasteiger partial charge on any atom is 0.148 e. The van der Waals surface area contributed by atoms with Crippen molar-refractivity contribution in [2.24, 2.45) is 0 Å². The van der Waals surface area contributed by atoms with Crippen LogP contribution in [-0.2, 0) is 4.74 Å². The van der Waals surface area contributed by atoms with Gasteiger partial charge in [-0.15, -0.1) is 10.2 Å². The molecule has 88 valence electrons. The summed E-state index contributed by atoms with van der Waals surface area (Å²) in [6.45, 7) is 3.47. The average molecular weight is 223 g/mol. The Kier molecular flexibility index (Phi) is 3.53. The summed E-state index contributed by atoms with van der Waals surface area (Å²) in [5.74, 6) is 1.16. The largest absolute Gasteiger partial charge is 0.382 e. The number of morpholine rings is 1. The van der Waals surface area contributed by atoms with Gasteiger partial charge in [-0.05, 0) is 19.2 Å². The number of anilines is 2. The number of nitrogens with one attached hydrogen (secondary N) is 1. The van der Waals surface area contributed by atoms with Gasteiger partial charge in [0.2, 0.25) is 0 Å². The van der Waals surface area contributed by atoms with Gasteiger partial charge < -0.3 is 20.7 Å². The van der Waals surface area contributed by atoms with Gasteiger partial charge >= 0.3 is 0 Å². The predicted octanol–water partition coefficient (Wildman–Crippen LogP) is -0.199. The first-order chi connectivity index (χ1) is 7.74. The summed E-state index contributed by atoms with van der Waals surface area (Å²) in [7, 11) is 2.10. The van der Waals surface area contributed by atoms with Crippen LogP contribution >= 0.6 is 0 Å². The van der Waals surface area contributed by atoms with Gasteiger partial charge in [0.1, 0.15) is 11.6 Å². The number of hydrogen-bond acceptors (Lipinski definition) is 6. The van der Waals surface area contributed by atoms with E-state index in [4.69, 9.17) is 10.5 Å². The number of nitrogens with zero attached hydrogens (tertiary/aromatic N) is 3. The first-order valence-corrected chi connectivity index (χ1v) is 5.37. The molecule has 0 amide bonds. The molecular formula is C10H17N5O. The van der Waals surface area contributed by atoms with Crippen molar-refractivity contribution < 1.29 is 4.74 Å². The molecule has 0 saturated carbocycles. The molecule has 16 heavy (non-hydrogen) atoms. The van der Waals surface area contributed by atoms with E-state index in [1.54, 1.807) is 6.07 Å². The minimum Gasteiger partial charge on any atom is -0.382 e. The molecule has 1 aliphatic heterocycles. The van der Waals surface area contributed by atoms with Gasteiger partial charge in [0.25, 0.3) is 0 Å². The summed E-state index contributed by atoms with van der Waals surface area (Å²) in [6, 6.07) is 3.54. The standard InChI is InChI=1S/C10H17N5O/c1-15-4-5-16-8(7-15)6-12-10-3-2-9(11)13-14-10/h2-3,8H,4-7H2,1H3,(H2,11,13)(H,12,14). The monoisotopic (exact) mass is 223 g/mol. The van der Waals surface area contributed by atoms with Gasteiger partial charge in [0.05, 0.1) is 12.7 Å². The van der Waals surface area contributed by atoms with Crippen LogP contribution in [0.1, 0.15) is 0 Å². The Morgan fingerprint density at radius 1 is 1.56 bits per heavy atom. The zero-order valence-electron chi connectivity index (χ0n) is 9.39. The van der Waals surface area contributed by atoms with Crippen molar-refractivity contribution in [3.63, 3.8) is 0 Å². The highest BCUT2D eigenvalue weighted by molar-refractivity contribution is 5.38. The van der Waals surface area contributed by atoms with Crippen molar-refractivity contribution in [1.29, 1.82) is 0 Å². The molecule has 1 aromatic heterocycles. The number of nitrogens with two attached hydrogens (primary N) is 1. The lowest BCUT2D eigenvalue weighted by Gasteiger charge is -2.30. The van der Waals surface area contributed by atoms with E-state index >= 15 is 0 Å². The second-order valence-electron chi connectivity index (χ2n) is 3.98. The average Bonchev–Trinajstić information content (AvgIpc) is 2.28. The van der Waals surface area contributed by atoms with Crippen molar-refractivity contribution in [3.05, 3.63) is 12.1 Å². The molecule has 1 atom stereocenters. The number of aromatic nitrogens is 2. The first-order valence-electron chi connectivity index (χ1n) is 5.37. The normalized spacial score (nSPS) is 21.9. The molecule has 1 saturated heterocycles. The minimum atomic E-state index is 0.207. The number of hydrogen-bond donors (Lipinski definition) is 2. The first kappa shape index (κ1) is 11.1. The Hall–Kier alpha value is -1.40. The van der Waals surface area contributed by atoms with E-state index in [9.17, 15) is 0 Å². The molecule has 0 aromatic carbocycles. The van der Waals surface area contributed by atoms with E-state index in [0.717, 1.165) is 32.1 Å². The molecule has 2 heterocycles. The summed E-state index contributed by atoms with van der Waals surface area (Å²) in [5.41, 5.74) is 5.45. The van der Waals surface area contributed by atoms with E-state index < -0.39 is 0 Å². The summed E-state index contributed by atoms with van der Waals surface area (Å²) in [6.07, 6.45) is 0.207. The Balaban J connectivity index is 1.80. The molecule has 0 bridgehead atoms. The van der Waals surface area contributed by atoms with E-state index in [0.29, 0.717) is 5.82 Å². The van der Waals surface area contributed by atoms with Crippen LogP contribution in [0.4, 0.5) is 11.6 Å². The fourth-order valence-electron chi connectivity index (χ4n) is 1.65. The molecule has 1 unspecified atom stereocenters. The predicted molar refractivity (Wildman–Crippen MR) is 62.2 cm³/mol. The maximum absolute atomic E-state index is 5.62. The summed E-state index contributed by atoms with van der Waals surface area (Å²) < 4.78 is 5.62. The SMILES string of the molecule is CN1CCOC(CNc2ccc(N)nn2)C1. The molecule has 6 nitrogen and oxygen atoms in total. The number of rotatable bonds is 3. The van der Waals surface area contributed by atoms with Crippen LogP contribution in [0.15, 0.2) is 12.1 Å². The second-order valence-corrected chi connectivity index (χ2v) is 3.98. The molecule has 1 aromatic rings. The molecule has 2 rings (SSSR count). The lowest BCUT2D eigenvalue weighted by Crippen LogP contribution is -2.43. The van der Waals surface area contributed by atoms with E-state index in [1.165, 1.54) is 0 Å². The third kappa shape index (κ3) is 3.04. The highest BCUT2D eigenvalue weighted by Gasteiger charge is 2.17. The van der Waals surface area contributed by atoms with Crippen molar-refractivity contribution in [2.75, 3.05) is 44.3 Å². The summed E-state index contributed by atoms with van der Waals surface area (Å²) >= 11 is 0. The quantitative estimate of drug-likeness (QED) is 0.739. The smallest absolute Gasteiger partial charge is 0.148 e. The van der Waals surface area contributed by atoms with Crippen LogP contribution in [0.25, 0.3) is 0 Å². The lowest BCUT2D eigenvalue weighted by molar-refractivity contribution is -0.0117. The van der Waals surface area contributed by atoms with Crippen molar-refractivity contribution in [1.82, 2.24) is 15.1 Å². The molecule has 1 fully saturated rings. The Bertz CT molecular complexity index is 328. The number of ether oxygens (including phenoxy) is 1. The molecule has 0 radical (unpaired) electrons. The zero-order valence-corrected chi connectivity index (χ0v) is 9.39. The highest BCUT2D eigenvalue weighted by Crippen LogP contribution is 2.06. The fraction of sp³-hybridized carbons (Fsp3) is 0.600. The molecule has 0 spiro atoms. The Morgan fingerprint density at radius 2 is 2.44 bits per heavy atom. The van der Waals surface area contributed by atoms with Gasteiger partial charge in [-0.3, -0.25) is 0 Å². The molecular weight excluding hydrogens is 206 g/mol. The maximum atomic E-state index is 5.62. The molecule has 6 heteroatoms. The Morgan fingerprint density at radius 3 is 3.12 bits per heavy atom. The van der Waals surface area contributed by atoms with Crippen LogP contribution in [0, 0.1) is 0 Å². The van der Waals surface area contributed by atoms with Crippen LogP contribution in [0.2, 0.25) is 0 Å². The zero-order chi connectivity index (χ0) is 11.4. The lowest BCUT2D eigenvalue weighted by atomic mass is 10.3. The van der Waals surface area contributed by atoms with Crippen LogP contribution < -0.4 is 11.1 Å². The third-order valence-corrected chi connectivity index (χ3v) is 2.54. The highest BCUT2D eigenvalue weighted by atomic mass is 16.5. The van der Waals surface area contributed by atoms with Gasteiger partial charge in [0.15, 0.2) is 0 Å². The summed E-state index contributed by atoms with van der Waals surface area (Å²) in [5, 5.41) is 10.9. The van der Waals surface area contributed by atoms with Crippen molar-refractivity contribution in [3.8, 4) is 0 Å². The van der Waals surface area contributed by atoms with Crippen molar-refractivity contribution >= 4 is 11.6 Å². The minimum absolute atomic E-state index is 0.207. The fourth-order valence-corrected chi connectivity index (χ4v) is 1.65. The molecule has 1 aliphatic rings. The van der Waals surface area contributed by atoms with Crippen molar-refractivity contribution in [2.45, 2.75) is 6.10 Å². The number of nitrogen functional groups attached to an aromatic ring is 1. The van der Waals surface area contributed by atoms with Gasteiger partial charge in [-0.2, -0.15) is 0 Å². The molecule has 0 aliphatic carbocycles. The number of likely N-dealkylation sites (N-methyl/N-ethyl adjacent to an activating group) is 1. The second kappa shape index (κ2) is 5.09. The van der Waals surface area contributed by atoms with Crippen LogP contribution in [0.5, 0.6) is 0 Å². The van der Waals surface area contributed by atoms with E-state index in [-0.39, 0.29) is 6.10 Å². The van der Waals surface area contributed by atoms with E-state index in [2.05, 4.69) is 27.5 Å². The van der Waals surface area contributed by atoms with Gasteiger partial charge in [-0.25, -0.2) is 0 Å². The summed E-state index contributed by atoms with van der Waals surface area (Å²) in [4.78, 5) is 2.25. The Labute approximate surface area is 94.8 Å². The van der Waals surface area contributed by atoms with E-state index in [1.807, 2.05) is 6.07 Å². The molecule has 3 N–H and O–H groups in total. The topological polar surface area (TPSA) is 76.3 Å². The van der Waals surface area contributed by atoms with Crippen LogP contribution in [-0.4, -0.2) is 54.5 Å². The van der Waals surface area contributed by atoms with Gasteiger partial charge in [0, 0.05) is 19.6 Å². The van der Waals surface area contributed by atoms with Gasteiger partial charge in [-0.1, -0.05) is 0 Å². The van der Waals surface area contributed by atoms with Crippen LogP contribution in [0.3, 0.4) is 0 Å². The third-order valence-electron chi connectivity index (χ3n) is 2.54.